The van der Waals surface area contributed by atoms with Crippen molar-refractivity contribution in [2.45, 2.75) is 51.2 Å². The third kappa shape index (κ3) is 3.59. The molecule has 1 aliphatic carbocycles. The topological polar surface area (TPSA) is 58.9 Å². The van der Waals surface area contributed by atoms with Crippen LogP contribution in [0.1, 0.15) is 37.8 Å². The summed E-state index contributed by atoms with van der Waals surface area (Å²) in [6.45, 7) is 4.15. The van der Waals surface area contributed by atoms with Crippen LogP contribution in [0.25, 0.3) is 0 Å². The van der Waals surface area contributed by atoms with Crippen molar-refractivity contribution >= 4 is 5.95 Å². The van der Waals surface area contributed by atoms with Crippen LogP contribution in [0, 0.1) is 5.92 Å². The molecule has 1 fully saturated rings. The van der Waals surface area contributed by atoms with Crippen LogP contribution in [0.3, 0.4) is 0 Å². The zero-order valence-corrected chi connectivity index (χ0v) is 14.1. The number of hydrogen-bond donors (Lipinski definition) is 1. The number of nitrogens with one attached hydrogen (secondary N) is 1. The molecule has 0 bridgehead atoms. The Balaban J connectivity index is 1.39. The molecular weight excluding hydrogens is 300 g/mol. The quantitative estimate of drug-likeness (QED) is 0.915. The minimum Gasteiger partial charge on any atom is -0.354 e. The Bertz CT molecular complexity index is 634. The molecule has 1 atom stereocenters. The molecule has 4 rings (SSSR count). The van der Waals surface area contributed by atoms with Gasteiger partial charge in [-0.15, -0.1) is 0 Å². The summed E-state index contributed by atoms with van der Waals surface area (Å²) in [6.07, 6.45) is 12.1. The van der Waals surface area contributed by atoms with Gasteiger partial charge in [-0.1, -0.05) is 12.8 Å². The van der Waals surface area contributed by atoms with Gasteiger partial charge in [-0.05, 0) is 37.3 Å². The highest BCUT2D eigenvalue weighted by Gasteiger charge is 2.28. The largest absolute Gasteiger partial charge is 0.354 e. The highest BCUT2D eigenvalue weighted by Crippen LogP contribution is 2.28. The lowest BCUT2D eigenvalue weighted by molar-refractivity contribution is 0.163. The second-order valence-corrected chi connectivity index (χ2v) is 7.03. The van der Waals surface area contributed by atoms with Crippen LogP contribution in [0.15, 0.2) is 30.7 Å². The lowest BCUT2D eigenvalue weighted by atomic mass is 10.0. The second-order valence-electron chi connectivity index (χ2n) is 7.03. The van der Waals surface area contributed by atoms with Crippen molar-refractivity contribution in [3.05, 3.63) is 36.4 Å². The zero-order chi connectivity index (χ0) is 16.2. The number of aromatic nitrogens is 4. The van der Waals surface area contributed by atoms with E-state index in [9.17, 15) is 0 Å². The van der Waals surface area contributed by atoms with Crippen LogP contribution in [0.4, 0.5) is 5.95 Å². The predicted octanol–water partition coefficient (Wildman–Crippen LogP) is 2.55. The normalized spacial score (nSPS) is 22.2. The number of nitrogens with zero attached hydrogens (tertiary/aromatic N) is 5. The first kappa shape index (κ1) is 15.6. The van der Waals surface area contributed by atoms with Crippen LogP contribution >= 0.6 is 0 Å². The number of rotatable bonds is 5. The van der Waals surface area contributed by atoms with Crippen molar-refractivity contribution in [3.8, 4) is 0 Å². The highest BCUT2D eigenvalue weighted by molar-refractivity contribution is 5.21. The Labute approximate surface area is 143 Å². The highest BCUT2D eigenvalue weighted by atomic mass is 15.3. The fraction of sp³-hybridized carbons (Fsp3) is 0.611. The van der Waals surface area contributed by atoms with Crippen molar-refractivity contribution in [2.24, 2.45) is 5.92 Å². The Kier molecular flexibility index (Phi) is 4.74. The molecule has 1 N–H and O–H groups in total. The van der Waals surface area contributed by atoms with Crippen molar-refractivity contribution in [1.82, 2.24) is 24.6 Å². The molecule has 1 saturated carbocycles. The van der Waals surface area contributed by atoms with E-state index in [1.807, 2.05) is 12.3 Å². The Hall–Kier alpha value is -1.95. The molecule has 1 aliphatic heterocycles. The molecule has 2 aromatic heterocycles. The fourth-order valence-electron chi connectivity index (χ4n) is 4.07. The Morgan fingerprint density at radius 2 is 1.92 bits per heavy atom. The summed E-state index contributed by atoms with van der Waals surface area (Å²) in [5.41, 5.74) is 1.36. The van der Waals surface area contributed by atoms with Gasteiger partial charge in [0.15, 0.2) is 0 Å². The van der Waals surface area contributed by atoms with Crippen molar-refractivity contribution in [2.75, 3.05) is 18.4 Å². The maximum Gasteiger partial charge on any atom is 0.222 e. The lowest BCUT2D eigenvalue weighted by Crippen LogP contribution is -2.36. The van der Waals surface area contributed by atoms with Gasteiger partial charge in [-0.3, -0.25) is 9.58 Å². The standard InChI is InChI=1S/C18H26N6/c1-2-5-16(4-1)23-12-15(13-24-17(14-23)7-11-22-24)6-10-21-18-19-8-3-9-20-18/h3,7-9,11,15-16H,1-2,4-6,10,12-14H2,(H,19,20,21)/t15-/m1/s1. The van der Waals surface area contributed by atoms with Crippen molar-refractivity contribution in [3.63, 3.8) is 0 Å². The molecule has 2 aromatic rings. The molecule has 24 heavy (non-hydrogen) atoms. The van der Waals surface area contributed by atoms with E-state index in [-0.39, 0.29) is 0 Å². The Morgan fingerprint density at radius 1 is 1.08 bits per heavy atom. The third-order valence-corrected chi connectivity index (χ3v) is 5.34. The molecule has 3 heterocycles. The van der Waals surface area contributed by atoms with Crippen LogP contribution in [0.5, 0.6) is 0 Å². The molecule has 128 valence electrons. The molecular formula is C18H26N6. The molecule has 6 nitrogen and oxygen atoms in total. The number of fused-ring (bicyclic) bond motifs is 1. The lowest BCUT2D eigenvalue weighted by Gasteiger charge is -2.29. The van der Waals surface area contributed by atoms with Gasteiger partial charge in [-0.25, -0.2) is 9.97 Å². The monoisotopic (exact) mass is 326 g/mol. The van der Waals surface area contributed by atoms with Gasteiger partial charge < -0.3 is 5.32 Å². The van der Waals surface area contributed by atoms with Gasteiger partial charge in [0.05, 0.1) is 5.69 Å². The van der Waals surface area contributed by atoms with Gasteiger partial charge in [0.1, 0.15) is 0 Å². The summed E-state index contributed by atoms with van der Waals surface area (Å²) in [7, 11) is 0. The van der Waals surface area contributed by atoms with E-state index in [0.29, 0.717) is 5.92 Å². The first-order valence-corrected chi connectivity index (χ1v) is 9.14. The summed E-state index contributed by atoms with van der Waals surface area (Å²) in [6, 6.07) is 4.79. The van der Waals surface area contributed by atoms with Gasteiger partial charge in [0.25, 0.3) is 0 Å². The summed E-state index contributed by atoms with van der Waals surface area (Å²) >= 11 is 0. The van der Waals surface area contributed by atoms with Gasteiger partial charge in [-0.2, -0.15) is 5.10 Å². The van der Waals surface area contributed by atoms with Crippen LogP contribution in [-0.4, -0.2) is 43.8 Å². The molecule has 0 unspecified atom stereocenters. The number of hydrogen-bond acceptors (Lipinski definition) is 5. The van der Waals surface area contributed by atoms with Gasteiger partial charge in [0, 0.05) is 50.8 Å². The average molecular weight is 326 g/mol. The first-order chi connectivity index (χ1) is 11.9. The maximum absolute atomic E-state index is 4.54. The third-order valence-electron chi connectivity index (χ3n) is 5.34. The predicted molar refractivity (Wildman–Crippen MR) is 93.5 cm³/mol. The van der Waals surface area contributed by atoms with E-state index in [1.54, 1.807) is 12.4 Å². The minimum atomic E-state index is 0.614. The second kappa shape index (κ2) is 7.30. The number of anilines is 1. The van der Waals surface area contributed by atoms with Crippen molar-refractivity contribution in [1.29, 1.82) is 0 Å². The first-order valence-electron chi connectivity index (χ1n) is 9.14. The summed E-state index contributed by atoms with van der Waals surface area (Å²) in [5, 5.41) is 7.88. The molecule has 6 heteroatoms. The Morgan fingerprint density at radius 3 is 2.75 bits per heavy atom. The molecule has 0 radical (unpaired) electrons. The van der Waals surface area contributed by atoms with E-state index in [4.69, 9.17) is 0 Å². The van der Waals surface area contributed by atoms with Crippen LogP contribution in [0.2, 0.25) is 0 Å². The van der Waals surface area contributed by atoms with Gasteiger partial charge >= 0.3 is 0 Å². The maximum atomic E-state index is 4.54. The summed E-state index contributed by atoms with van der Waals surface area (Å²) in [4.78, 5) is 11.2. The molecule has 0 aromatic carbocycles. The van der Waals surface area contributed by atoms with E-state index in [1.165, 1.54) is 37.9 Å². The smallest absolute Gasteiger partial charge is 0.222 e. The zero-order valence-electron chi connectivity index (χ0n) is 14.1. The van der Waals surface area contributed by atoms with Crippen molar-refractivity contribution < 1.29 is 0 Å². The SMILES string of the molecule is c1cnc(NCC[C@@H]2CN(C3CCCC3)Cc3ccnn3C2)nc1. The fourth-order valence-corrected chi connectivity index (χ4v) is 4.07. The molecule has 0 saturated heterocycles. The molecule has 0 spiro atoms. The van der Waals surface area contributed by atoms with Gasteiger partial charge in [0.2, 0.25) is 5.95 Å². The average Bonchev–Trinajstić information content (AvgIpc) is 3.25. The van der Waals surface area contributed by atoms with E-state index in [0.717, 1.165) is 38.0 Å². The molecule has 0 amide bonds. The van der Waals surface area contributed by atoms with E-state index < -0.39 is 0 Å². The van der Waals surface area contributed by atoms with E-state index >= 15 is 0 Å². The molecule has 2 aliphatic rings. The summed E-state index contributed by atoms with van der Waals surface area (Å²) < 4.78 is 2.21. The van der Waals surface area contributed by atoms with E-state index in [2.05, 4.69) is 36.0 Å². The van der Waals surface area contributed by atoms with Crippen LogP contribution in [-0.2, 0) is 13.1 Å². The van der Waals surface area contributed by atoms with Crippen LogP contribution < -0.4 is 5.32 Å². The summed E-state index contributed by atoms with van der Waals surface area (Å²) in [5.74, 6) is 1.33. The minimum absolute atomic E-state index is 0.614.